The van der Waals surface area contributed by atoms with Crippen LogP contribution in [0, 0.1) is 0 Å². The Hall–Kier alpha value is -10.5. The average molecular weight is 1630 g/mol. The van der Waals surface area contributed by atoms with Crippen molar-refractivity contribution in [3.8, 4) is 0 Å². The summed E-state index contributed by atoms with van der Waals surface area (Å²) in [6.45, 7) is 3.62. The lowest BCUT2D eigenvalue weighted by atomic mass is 9.93. The van der Waals surface area contributed by atoms with Crippen molar-refractivity contribution in [1.29, 1.82) is 0 Å². The first-order valence-electron chi connectivity index (χ1n) is 35.7. The van der Waals surface area contributed by atoms with E-state index in [1.165, 1.54) is 0 Å². The zero-order valence-electron chi connectivity index (χ0n) is 64.1. The molecule has 2 aliphatic heterocycles. The van der Waals surface area contributed by atoms with Crippen LogP contribution in [0.1, 0.15) is 96.6 Å². The standard InChI is InChI=1S/C77H93N3O32P2/c1-46(81)95-42-60(78-64(90)36-65(113(10,93)101-39-57-30-20-13-21-31-57)114(94,102-40-58-32-22-14-23-33-58)103-41-59-34-24-15-25-35-59)68(105-51(6)86)69(61(104-50(5)85)43-96-47(2)82)111-74-67(80-77(92)100-38-56-28-18-12-19-29-56)73(108-54(9)89)71(63(110-74)45-98-49(4)84)112-75-66(79-76(91)99-37-55-26-16-11-17-27-55)72(107-53(8)88)70(106-52(7)87)62(109-75)44-97-48(3)83/h11-35,60-63,65-75H,36-45H2,1-10H3,(H,78,90)(H,79,91)(H,80,92)/t60?,61?,62?,63?,65?,66?,67?,68-,69+,70+,71+,72-,73-,74+,75+,113?/m1/s1. The SMILES string of the molecule is CC(=O)OCC(NC(=O)CC(P(C)(=O)OCc1ccccc1)P(=O)(OCc1ccccc1)OCc1ccccc1)[C@@H](OC(C)=O)[C@@H](O[C@@H]1OC(COC(C)=O)[C@H](O[C@@H]2OC(COC(C)=O)[C@H](OC(C)=O)[C@H](OC(C)=O)C2NC(=O)OCc2ccccc2)[C@H](OC(C)=O)C1NC(=O)OCc1ccccc1)C(COC(C)=O)OC(C)=O. The highest BCUT2D eigenvalue weighted by Gasteiger charge is 2.59. The van der Waals surface area contributed by atoms with E-state index in [1.54, 1.807) is 152 Å². The third-order valence-corrected chi connectivity index (χ3v) is 22.7. The number of esters is 9. The molecule has 7 rings (SSSR count). The third kappa shape index (κ3) is 29.8. The zero-order valence-corrected chi connectivity index (χ0v) is 65.9. The summed E-state index contributed by atoms with van der Waals surface area (Å²) in [5.74, 6) is -10.9. The van der Waals surface area contributed by atoms with Crippen molar-refractivity contribution in [2.45, 2.75) is 193 Å². The number of nitrogens with one attached hydrogen (secondary N) is 3. The minimum Gasteiger partial charge on any atom is -0.464 e. The fraction of sp³-hybridized carbons (Fsp3) is 0.455. The van der Waals surface area contributed by atoms with E-state index in [9.17, 15) is 52.7 Å². The fourth-order valence-electron chi connectivity index (χ4n) is 11.8. The number of carbonyl (C=O) groups excluding carboxylic acids is 12. The van der Waals surface area contributed by atoms with Crippen LogP contribution in [-0.2, 0) is 175 Å². The molecule has 2 heterocycles. The van der Waals surface area contributed by atoms with Crippen molar-refractivity contribution >= 4 is 86.8 Å². The molecule has 0 aliphatic carbocycles. The Bertz CT molecular complexity index is 4080. The summed E-state index contributed by atoms with van der Waals surface area (Å²) < 4.78 is 140. The molecule has 5 aromatic rings. The van der Waals surface area contributed by atoms with Gasteiger partial charge in [0.05, 0.1) is 19.8 Å². The molecule has 37 heteroatoms. The molecule has 0 spiro atoms. The van der Waals surface area contributed by atoms with E-state index < -0.39 is 230 Å². The number of amides is 3. The van der Waals surface area contributed by atoms with Crippen LogP contribution in [0.25, 0.3) is 0 Å². The summed E-state index contributed by atoms with van der Waals surface area (Å²) in [7, 11) is -9.54. The van der Waals surface area contributed by atoms with Crippen molar-refractivity contribution in [2.24, 2.45) is 0 Å². The van der Waals surface area contributed by atoms with Crippen molar-refractivity contribution in [3.63, 3.8) is 0 Å². The largest absolute Gasteiger partial charge is 0.464 e. The maximum absolute atomic E-state index is 16.0. The summed E-state index contributed by atoms with van der Waals surface area (Å²) in [6.07, 6.45) is -26.7. The van der Waals surface area contributed by atoms with E-state index in [0.717, 1.165) is 69.0 Å². The maximum Gasteiger partial charge on any atom is 0.407 e. The smallest absolute Gasteiger partial charge is 0.407 e. The van der Waals surface area contributed by atoms with E-state index >= 15 is 13.9 Å². The van der Waals surface area contributed by atoms with Crippen molar-refractivity contribution in [1.82, 2.24) is 16.0 Å². The van der Waals surface area contributed by atoms with Gasteiger partial charge in [0, 0.05) is 75.4 Å². The lowest BCUT2D eigenvalue weighted by molar-refractivity contribution is -0.343. The molecule has 2 aliphatic rings. The molecular weight excluding hydrogens is 1540 g/mol. The molecule has 3 amide bonds. The Morgan fingerprint density at radius 2 is 0.763 bits per heavy atom. The first-order chi connectivity index (χ1) is 54.2. The number of alkyl carbamates (subject to hydrolysis) is 2. The fourth-order valence-corrected chi connectivity index (χ4v) is 17.0. The molecule has 2 saturated heterocycles. The minimum atomic E-state index is -4.99. The quantitative estimate of drug-likeness (QED) is 0.0192. The molecule has 2 fully saturated rings. The van der Waals surface area contributed by atoms with Crippen molar-refractivity contribution in [3.05, 3.63) is 179 Å². The Morgan fingerprint density at radius 1 is 0.395 bits per heavy atom. The predicted octanol–water partition coefficient (Wildman–Crippen LogP) is 7.66. The molecule has 16 atom stereocenters. The van der Waals surface area contributed by atoms with Gasteiger partial charge in [-0.2, -0.15) is 0 Å². The first kappa shape index (κ1) is 90.7. The van der Waals surface area contributed by atoms with Gasteiger partial charge in [0.15, 0.2) is 43.1 Å². The number of rotatable bonds is 40. The molecule has 0 aromatic heterocycles. The molecule has 0 radical (unpaired) electrons. The van der Waals surface area contributed by atoms with E-state index in [2.05, 4.69) is 16.0 Å². The van der Waals surface area contributed by atoms with Crippen LogP contribution in [0.5, 0.6) is 0 Å². The Kier molecular flexibility index (Phi) is 35.7. The normalized spacial score (nSPS) is 21.0. The van der Waals surface area contributed by atoms with Gasteiger partial charge in [0.25, 0.3) is 0 Å². The van der Waals surface area contributed by atoms with Crippen LogP contribution in [0.15, 0.2) is 152 Å². The molecule has 114 heavy (non-hydrogen) atoms. The van der Waals surface area contributed by atoms with Gasteiger partial charge in [0.2, 0.25) is 13.3 Å². The highest BCUT2D eigenvalue weighted by molar-refractivity contribution is 7.74. The summed E-state index contributed by atoms with van der Waals surface area (Å²) in [4.78, 5) is 164. The highest BCUT2D eigenvalue weighted by Crippen LogP contribution is 2.70. The number of hydrogen-bond acceptors (Lipinski definition) is 32. The van der Waals surface area contributed by atoms with Crippen LogP contribution in [-0.4, -0.2) is 196 Å². The maximum atomic E-state index is 16.0. The van der Waals surface area contributed by atoms with Crippen molar-refractivity contribution in [2.75, 3.05) is 33.1 Å². The molecule has 8 unspecified atom stereocenters. The van der Waals surface area contributed by atoms with Crippen molar-refractivity contribution < 1.29 is 151 Å². The van der Waals surface area contributed by atoms with Crippen LogP contribution < -0.4 is 16.0 Å². The van der Waals surface area contributed by atoms with Crippen LogP contribution in [0.2, 0.25) is 0 Å². The van der Waals surface area contributed by atoms with E-state index in [4.69, 9.17) is 84.6 Å². The molecule has 3 N–H and O–H groups in total. The number of carbonyl (C=O) groups is 12. The van der Waals surface area contributed by atoms with Crippen LogP contribution in [0.3, 0.4) is 0 Å². The van der Waals surface area contributed by atoms with Crippen LogP contribution >= 0.6 is 15.0 Å². The number of benzene rings is 5. The summed E-state index contributed by atoms with van der Waals surface area (Å²) in [5.41, 5.74) is 2.33. The minimum absolute atomic E-state index is 0.367. The molecule has 35 nitrogen and oxygen atoms in total. The molecule has 0 bridgehead atoms. The Balaban J connectivity index is 1.43. The summed E-state index contributed by atoms with van der Waals surface area (Å²) in [5, 5.41) is 5.63. The van der Waals surface area contributed by atoms with E-state index in [1.807, 2.05) is 0 Å². The second-order valence-electron chi connectivity index (χ2n) is 26.0. The predicted molar refractivity (Wildman–Crippen MR) is 394 cm³/mol. The summed E-state index contributed by atoms with van der Waals surface area (Å²) in [6, 6.07) is 35.3. The van der Waals surface area contributed by atoms with E-state index in [-0.39, 0.29) is 13.2 Å². The van der Waals surface area contributed by atoms with Gasteiger partial charge in [-0.15, -0.1) is 0 Å². The second kappa shape index (κ2) is 44.8. The van der Waals surface area contributed by atoms with E-state index in [0.29, 0.717) is 27.8 Å². The molecule has 0 saturated carbocycles. The van der Waals surface area contributed by atoms with Gasteiger partial charge in [-0.25, -0.2) is 9.59 Å². The van der Waals surface area contributed by atoms with Gasteiger partial charge < -0.3 is 101 Å². The van der Waals surface area contributed by atoms with Crippen LogP contribution in [0.4, 0.5) is 9.59 Å². The lowest BCUT2D eigenvalue weighted by Gasteiger charge is -2.50. The van der Waals surface area contributed by atoms with Gasteiger partial charge in [0.1, 0.15) is 87.6 Å². The monoisotopic (exact) mass is 1630 g/mol. The Labute approximate surface area is 656 Å². The number of ether oxygens (including phenoxy) is 15. The first-order valence-corrected chi connectivity index (χ1v) is 39.5. The molecule has 5 aromatic carbocycles. The third-order valence-electron chi connectivity index (χ3n) is 16.8. The van der Waals surface area contributed by atoms with Gasteiger partial charge in [-0.05, 0) is 27.8 Å². The van der Waals surface area contributed by atoms with Gasteiger partial charge in [-0.3, -0.25) is 57.1 Å². The molecular formula is C77H93N3O32P2. The zero-order chi connectivity index (χ0) is 83.1. The number of hydrogen-bond donors (Lipinski definition) is 3. The average Bonchev–Trinajstić information content (AvgIpc) is 0.732. The lowest BCUT2D eigenvalue weighted by Crippen LogP contribution is -2.71. The molecule has 618 valence electrons. The second-order valence-corrected chi connectivity index (χ2v) is 31.3. The summed E-state index contributed by atoms with van der Waals surface area (Å²) >= 11 is 0. The van der Waals surface area contributed by atoms with Gasteiger partial charge >= 0.3 is 73.5 Å². The topological polar surface area (TPSA) is 441 Å². The van der Waals surface area contributed by atoms with Gasteiger partial charge in [-0.1, -0.05) is 152 Å². The Morgan fingerprint density at radius 3 is 1.18 bits per heavy atom. The highest BCUT2D eigenvalue weighted by atomic mass is 31.2.